The van der Waals surface area contributed by atoms with E-state index in [1.165, 1.54) is 19.1 Å². The van der Waals surface area contributed by atoms with Crippen LogP contribution in [0.1, 0.15) is 32.6 Å². The Balaban J connectivity index is 1.56. The number of benzene rings is 1. The summed E-state index contributed by atoms with van der Waals surface area (Å²) in [6.07, 6.45) is 4.06. The van der Waals surface area contributed by atoms with Crippen molar-refractivity contribution in [3.63, 3.8) is 0 Å². The Morgan fingerprint density at radius 2 is 1.64 bits per heavy atom. The van der Waals surface area contributed by atoms with Gasteiger partial charge in [0.25, 0.3) is 0 Å². The highest BCUT2D eigenvalue weighted by Crippen LogP contribution is 2.27. The molecule has 0 radical (unpaired) electrons. The topological polar surface area (TPSA) is 86.8 Å². The summed E-state index contributed by atoms with van der Waals surface area (Å²) in [7, 11) is -4.15. The van der Waals surface area contributed by atoms with Gasteiger partial charge in [-0.3, -0.25) is 9.59 Å². The van der Waals surface area contributed by atoms with Gasteiger partial charge in [0.1, 0.15) is 10.7 Å². The van der Waals surface area contributed by atoms with E-state index < -0.39 is 26.8 Å². The number of amides is 2. The monoisotopic (exact) mass is 411 g/mol. The van der Waals surface area contributed by atoms with Crippen LogP contribution in [0.15, 0.2) is 29.2 Å². The van der Waals surface area contributed by atoms with Crippen molar-refractivity contribution in [2.75, 3.05) is 26.2 Å². The average molecular weight is 411 g/mol. The second-order valence-electron chi connectivity index (χ2n) is 7.41. The van der Waals surface area contributed by atoms with E-state index in [4.69, 9.17) is 0 Å². The molecule has 0 unspecified atom stereocenters. The molecule has 2 fully saturated rings. The summed E-state index contributed by atoms with van der Waals surface area (Å²) >= 11 is 0. The molecule has 1 aliphatic carbocycles. The maximum atomic E-state index is 13.8. The minimum Gasteiger partial charge on any atom is -0.339 e. The Kier molecular flexibility index (Phi) is 6.34. The van der Waals surface area contributed by atoms with Gasteiger partial charge in [0, 0.05) is 32.1 Å². The fourth-order valence-electron chi connectivity index (χ4n) is 3.86. The van der Waals surface area contributed by atoms with Gasteiger partial charge in [0.2, 0.25) is 21.8 Å². The SMILES string of the molecule is C[C@H](NS(=O)(=O)c1ccccc1F)C(=O)N1CCN(C(=O)C2CCCC2)CC1. The first-order valence-corrected chi connectivity index (χ1v) is 11.1. The smallest absolute Gasteiger partial charge is 0.244 e. The molecule has 0 spiro atoms. The van der Waals surface area contributed by atoms with Crippen molar-refractivity contribution in [3.8, 4) is 0 Å². The zero-order chi connectivity index (χ0) is 20.3. The zero-order valence-electron chi connectivity index (χ0n) is 15.9. The lowest BCUT2D eigenvalue weighted by molar-refractivity contribution is -0.142. The number of halogens is 1. The first kappa shape index (κ1) is 20.7. The minimum atomic E-state index is -4.15. The lowest BCUT2D eigenvalue weighted by atomic mass is 10.1. The number of carbonyl (C=O) groups excluding carboxylic acids is 2. The van der Waals surface area contributed by atoms with Crippen molar-refractivity contribution < 1.29 is 22.4 Å². The predicted octanol–water partition coefficient (Wildman–Crippen LogP) is 1.35. The van der Waals surface area contributed by atoms with Crippen LogP contribution < -0.4 is 4.72 Å². The molecule has 2 amide bonds. The van der Waals surface area contributed by atoms with E-state index >= 15 is 0 Å². The molecule has 1 atom stereocenters. The Bertz CT molecular complexity index is 831. The maximum Gasteiger partial charge on any atom is 0.244 e. The number of piperazine rings is 1. The number of nitrogens with zero attached hydrogens (tertiary/aromatic N) is 2. The summed E-state index contributed by atoms with van der Waals surface area (Å²) in [4.78, 5) is 28.0. The van der Waals surface area contributed by atoms with Gasteiger partial charge in [-0.2, -0.15) is 4.72 Å². The highest BCUT2D eigenvalue weighted by atomic mass is 32.2. The molecule has 3 rings (SSSR count). The largest absolute Gasteiger partial charge is 0.339 e. The van der Waals surface area contributed by atoms with Crippen LogP contribution in [-0.2, 0) is 19.6 Å². The molecule has 1 N–H and O–H groups in total. The van der Waals surface area contributed by atoms with Crippen molar-refractivity contribution in [3.05, 3.63) is 30.1 Å². The molecule has 28 heavy (non-hydrogen) atoms. The van der Waals surface area contributed by atoms with E-state index in [9.17, 15) is 22.4 Å². The average Bonchev–Trinajstić information content (AvgIpc) is 3.21. The molecule has 7 nitrogen and oxygen atoms in total. The van der Waals surface area contributed by atoms with Crippen molar-refractivity contribution in [2.24, 2.45) is 5.92 Å². The van der Waals surface area contributed by atoms with Gasteiger partial charge in [-0.15, -0.1) is 0 Å². The summed E-state index contributed by atoms with van der Waals surface area (Å²) in [6.45, 7) is 3.07. The summed E-state index contributed by atoms with van der Waals surface area (Å²) in [5, 5.41) is 0. The Morgan fingerprint density at radius 3 is 2.25 bits per heavy atom. The van der Waals surface area contributed by atoms with E-state index in [2.05, 4.69) is 4.72 Å². The highest BCUT2D eigenvalue weighted by molar-refractivity contribution is 7.89. The molecule has 154 valence electrons. The summed E-state index contributed by atoms with van der Waals surface area (Å²) in [5.41, 5.74) is 0. The number of hydrogen-bond acceptors (Lipinski definition) is 4. The van der Waals surface area contributed by atoms with E-state index in [0.29, 0.717) is 26.2 Å². The fourth-order valence-corrected chi connectivity index (χ4v) is 5.14. The molecular formula is C19H26FN3O4S. The van der Waals surface area contributed by atoms with Gasteiger partial charge in [0.05, 0.1) is 6.04 Å². The van der Waals surface area contributed by atoms with E-state index in [0.717, 1.165) is 37.8 Å². The Labute approximate surface area is 164 Å². The summed E-state index contributed by atoms with van der Waals surface area (Å²) in [5.74, 6) is -0.978. The third-order valence-corrected chi connectivity index (χ3v) is 7.01. The molecule has 1 aliphatic heterocycles. The van der Waals surface area contributed by atoms with Crippen LogP contribution in [0.5, 0.6) is 0 Å². The lowest BCUT2D eigenvalue weighted by Crippen LogP contribution is -2.55. The van der Waals surface area contributed by atoms with Crippen LogP contribution in [0, 0.1) is 11.7 Å². The third kappa shape index (κ3) is 4.52. The van der Waals surface area contributed by atoms with Gasteiger partial charge in [-0.25, -0.2) is 12.8 Å². The molecular weight excluding hydrogens is 385 g/mol. The molecule has 9 heteroatoms. The lowest BCUT2D eigenvalue weighted by Gasteiger charge is -2.37. The second-order valence-corrected chi connectivity index (χ2v) is 9.09. The number of hydrogen-bond donors (Lipinski definition) is 1. The van der Waals surface area contributed by atoms with Crippen LogP contribution in [0.3, 0.4) is 0 Å². The normalized spacial score (nSPS) is 19.6. The van der Waals surface area contributed by atoms with Crippen molar-refractivity contribution in [2.45, 2.75) is 43.5 Å². The minimum absolute atomic E-state index is 0.105. The van der Waals surface area contributed by atoms with Gasteiger partial charge in [0.15, 0.2) is 0 Å². The number of sulfonamides is 1. The summed E-state index contributed by atoms with van der Waals surface area (Å²) in [6, 6.07) is 4.01. The molecule has 1 saturated carbocycles. The van der Waals surface area contributed by atoms with Gasteiger partial charge >= 0.3 is 0 Å². The molecule has 1 heterocycles. The number of rotatable bonds is 5. The molecule has 2 aliphatic rings. The molecule has 1 aromatic rings. The van der Waals surface area contributed by atoms with Crippen LogP contribution in [-0.4, -0.2) is 62.3 Å². The highest BCUT2D eigenvalue weighted by Gasteiger charge is 2.33. The van der Waals surface area contributed by atoms with Crippen molar-refractivity contribution in [1.29, 1.82) is 0 Å². The number of nitrogens with one attached hydrogen (secondary N) is 1. The van der Waals surface area contributed by atoms with Crippen molar-refractivity contribution in [1.82, 2.24) is 14.5 Å². The van der Waals surface area contributed by atoms with Gasteiger partial charge in [-0.1, -0.05) is 25.0 Å². The Morgan fingerprint density at radius 1 is 1.07 bits per heavy atom. The zero-order valence-corrected chi connectivity index (χ0v) is 16.8. The first-order valence-electron chi connectivity index (χ1n) is 9.64. The second kappa shape index (κ2) is 8.57. The first-order chi connectivity index (χ1) is 13.3. The predicted molar refractivity (Wildman–Crippen MR) is 101 cm³/mol. The van der Waals surface area contributed by atoms with Gasteiger partial charge in [-0.05, 0) is 31.9 Å². The molecule has 0 bridgehead atoms. The number of carbonyl (C=O) groups is 2. The van der Waals surface area contributed by atoms with Crippen molar-refractivity contribution >= 4 is 21.8 Å². The van der Waals surface area contributed by atoms with E-state index in [1.54, 1.807) is 9.80 Å². The van der Waals surface area contributed by atoms with Gasteiger partial charge < -0.3 is 9.80 Å². The quantitative estimate of drug-likeness (QED) is 0.793. The van der Waals surface area contributed by atoms with Crippen LogP contribution in [0.2, 0.25) is 0 Å². The fraction of sp³-hybridized carbons (Fsp3) is 0.579. The standard InChI is InChI=1S/C19H26FN3O4S/c1-14(21-28(26,27)17-9-5-4-8-16(17)20)18(24)22-10-12-23(13-11-22)19(25)15-6-2-3-7-15/h4-5,8-9,14-15,21H,2-3,6-7,10-13H2,1H3/t14-/m0/s1. The maximum absolute atomic E-state index is 13.8. The summed E-state index contributed by atoms with van der Waals surface area (Å²) < 4.78 is 40.8. The Hall–Kier alpha value is -2.00. The van der Waals surface area contributed by atoms with E-state index in [1.807, 2.05) is 0 Å². The third-order valence-electron chi connectivity index (χ3n) is 5.44. The van der Waals surface area contributed by atoms with Crippen LogP contribution in [0.25, 0.3) is 0 Å². The van der Waals surface area contributed by atoms with Crippen LogP contribution in [0.4, 0.5) is 4.39 Å². The molecule has 1 aromatic carbocycles. The molecule has 1 saturated heterocycles. The van der Waals surface area contributed by atoms with E-state index in [-0.39, 0.29) is 17.7 Å². The van der Waals surface area contributed by atoms with Crippen LogP contribution >= 0.6 is 0 Å². The molecule has 0 aromatic heterocycles.